The van der Waals surface area contributed by atoms with Crippen molar-refractivity contribution >= 4 is 0 Å². The molecule has 0 spiro atoms. The predicted molar refractivity (Wildman–Crippen MR) is 72.4 cm³/mol. The number of phenolic OH excluding ortho intramolecular Hbond substituents is 1. The molecule has 0 aliphatic carbocycles. The van der Waals surface area contributed by atoms with Crippen molar-refractivity contribution in [2.75, 3.05) is 0 Å². The highest BCUT2D eigenvalue weighted by molar-refractivity contribution is 5.37. The Morgan fingerprint density at radius 1 is 1.11 bits per heavy atom. The number of rotatable bonds is 3. The summed E-state index contributed by atoms with van der Waals surface area (Å²) in [6, 6.07) is 14.8. The SMILES string of the molecule is Oc1ccc(CC(O)C2Cc3ccccc3O2)cc1. The van der Waals surface area contributed by atoms with Crippen molar-refractivity contribution < 1.29 is 14.9 Å². The number of hydrogen-bond donors (Lipinski definition) is 2. The van der Waals surface area contributed by atoms with Crippen LogP contribution in [0.15, 0.2) is 48.5 Å². The molecule has 1 heterocycles. The molecule has 0 bridgehead atoms. The lowest BCUT2D eigenvalue weighted by Crippen LogP contribution is -2.31. The van der Waals surface area contributed by atoms with Gasteiger partial charge in [0.2, 0.25) is 0 Å². The van der Waals surface area contributed by atoms with Gasteiger partial charge in [-0.15, -0.1) is 0 Å². The van der Waals surface area contributed by atoms with Crippen LogP contribution >= 0.6 is 0 Å². The van der Waals surface area contributed by atoms with Gasteiger partial charge in [-0.2, -0.15) is 0 Å². The van der Waals surface area contributed by atoms with E-state index in [4.69, 9.17) is 4.74 Å². The zero-order chi connectivity index (χ0) is 13.2. The minimum Gasteiger partial charge on any atom is -0.508 e. The number of aromatic hydroxyl groups is 1. The largest absolute Gasteiger partial charge is 0.508 e. The van der Waals surface area contributed by atoms with Crippen molar-refractivity contribution in [1.82, 2.24) is 0 Å². The fraction of sp³-hybridized carbons (Fsp3) is 0.250. The van der Waals surface area contributed by atoms with Crippen molar-refractivity contribution in [2.45, 2.75) is 25.0 Å². The molecule has 2 aromatic carbocycles. The van der Waals surface area contributed by atoms with E-state index in [0.717, 1.165) is 23.3 Å². The Morgan fingerprint density at radius 3 is 2.58 bits per heavy atom. The van der Waals surface area contributed by atoms with E-state index in [2.05, 4.69) is 0 Å². The normalized spacial score (nSPS) is 18.7. The molecule has 3 nitrogen and oxygen atoms in total. The van der Waals surface area contributed by atoms with Crippen LogP contribution in [0.25, 0.3) is 0 Å². The van der Waals surface area contributed by atoms with E-state index in [0.29, 0.717) is 6.42 Å². The van der Waals surface area contributed by atoms with Gasteiger partial charge in [0.15, 0.2) is 0 Å². The zero-order valence-electron chi connectivity index (χ0n) is 10.5. The number of aliphatic hydroxyl groups excluding tert-OH is 1. The summed E-state index contributed by atoms with van der Waals surface area (Å²) in [7, 11) is 0. The third-order valence-electron chi connectivity index (χ3n) is 3.48. The minimum atomic E-state index is -0.544. The van der Waals surface area contributed by atoms with Gasteiger partial charge in [-0.3, -0.25) is 0 Å². The van der Waals surface area contributed by atoms with Crippen molar-refractivity contribution in [1.29, 1.82) is 0 Å². The quantitative estimate of drug-likeness (QED) is 0.886. The van der Waals surface area contributed by atoms with Gasteiger partial charge in [-0.05, 0) is 29.3 Å². The first-order chi connectivity index (χ1) is 9.22. The molecule has 19 heavy (non-hydrogen) atoms. The van der Waals surface area contributed by atoms with E-state index in [-0.39, 0.29) is 11.9 Å². The highest BCUT2D eigenvalue weighted by Gasteiger charge is 2.28. The minimum absolute atomic E-state index is 0.189. The van der Waals surface area contributed by atoms with Crippen LogP contribution in [0, 0.1) is 0 Å². The summed E-state index contributed by atoms with van der Waals surface area (Å²) in [5.41, 5.74) is 2.14. The van der Waals surface area contributed by atoms with Gasteiger partial charge in [0.05, 0.1) is 6.10 Å². The summed E-state index contributed by atoms with van der Waals surface area (Å²) < 4.78 is 5.77. The topological polar surface area (TPSA) is 49.7 Å². The first-order valence-corrected chi connectivity index (χ1v) is 6.43. The Hall–Kier alpha value is -2.00. The van der Waals surface area contributed by atoms with Crippen LogP contribution < -0.4 is 4.74 Å². The van der Waals surface area contributed by atoms with Crippen LogP contribution in [0.3, 0.4) is 0 Å². The van der Waals surface area contributed by atoms with Crippen LogP contribution in [0.1, 0.15) is 11.1 Å². The number of benzene rings is 2. The lowest BCUT2D eigenvalue weighted by molar-refractivity contribution is 0.0503. The summed E-state index contributed by atoms with van der Waals surface area (Å²) in [4.78, 5) is 0. The molecule has 98 valence electrons. The third kappa shape index (κ3) is 2.56. The van der Waals surface area contributed by atoms with Crippen molar-refractivity contribution in [3.8, 4) is 11.5 Å². The zero-order valence-corrected chi connectivity index (χ0v) is 10.5. The van der Waals surface area contributed by atoms with Crippen LogP contribution in [0.4, 0.5) is 0 Å². The molecule has 3 heteroatoms. The second kappa shape index (κ2) is 4.94. The molecule has 0 aromatic heterocycles. The summed E-state index contributed by atoms with van der Waals surface area (Å²) in [5.74, 6) is 1.11. The molecule has 2 N–H and O–H groups in total. The van der Waals surface area contributed by atoms with Gasteiger partial charge in [-0.25, -0.2) is 0 Å². The Balaban J connectivity index is 1.66. The van der Waals surface area contributed by atoms with E-state index in [1.165, 1.54) is 0 Å². The Kier molecular flexibility index (Phi) is 3.13. The van der Waals surface area contributed by atoms with Crippen LogP contribution in [-0.4, -0.2) is 22.4 Å². The molecule has 1 aliphatic rings. The van der Waals surface area contributed by atoms with E-state index in [9.17, 15) is 10.2 Å². The Bertz CT molecular complexity index is 537. The summed E-state index contributed by atoms with van der Waals surface area (Å²) in [6.07, 6.45) is 0.539. The maximum atomic E-state index is 10.3. The van der Waals surface area contributed by atoms with Crippen LogP contribution in [0.2, 0.25) is 0 Å². The predicted octanol–water partition coefficient (Wildman–Crippen LogP) is 2.30. The molecule has 1 aliphatic heterocycles. The number of phenols is 1. The molecule has 0 saturated heterocycles. The molecule has 3 rings (SSSR count). The number of hydrogen-bond acceptors (Lipinski definition) is 3. The van der Waals surface area contributed by atoms with Gasteiger partial charge in [0.25, 0.3) is 0 Å². The molecule has 0 fully saturated rings. The molecular formula is C16H16O3. The molecular weight excluding hydrogens is 240 g/mol. The standard InChI is InChI=1S/C16H16O3/c17-13-7-5-11(6-8-13)9-14(18)16-10-12-3-1-2-4-15(12)19-16/h1-8,14,16-18H,9-10H2. The monoisotopic (exact) mass is 256 g/mol. The van der Waals surface area contributed by atoms with Gasteiger partial charge in [0.1, 0.15) is 17.6 Å². The first kappa shape index (κ1) is 12.1. The van der Waals surface area contributed by atoms with Crippen LogP contribution in [-0.2, 0) is 12.8 Å². The average molecular weight is 256 g/mol. The molecule has 0 amide bonds. The fourth-order valence-corrected chi connectivity index (χ4v) is 2.43. The molecule has 0 saturated carbocycles. The molecule has 2 unspecified atom stereocenters. The lowest BCUT2D eigenvalue weighted by Gasteiger charge is -2.18. The van der Waals surface area contributed by atoms with Gasteiger partial charge >= 0.3 is 0 Å². The third-order valence-corrected chi connectivity index (χ3v) is 3.48. The van der Waals surface area contributed by atoms with E-state index < -0.39 is 6.10 Å². The van der Waals surface area contributed by atoms with Crippen molar-refractivity contribution in [3.63, 3.8) is 0 Å². The average Bonchev–Trinajstić information content (AvgIpc) is 2.85. The molecule has 0 radical (unpaired) electrons. The lowest BCUT2D eigenvalue weighted by atomic mass is 10.0. The maximum Gasteiger partial charge on any atom is 0.129 e. The second-order valence-corrected chi connectivity index (χ2v) is 4.91. The summed E-state index contributed by atoms with van der Waals surface area (Å²) in [5, 5.41) is 19.5. The van der Waals surface area contributed by atoms with Gasteiger partial charge < -0.3 is 14.9 Å². The van der Waals surface area contributed by atoms with E-state index in [1.807, 2.05) is 36.4 Å². The number of ether oxygens (including phenoxy) is 1. The number of fused-ring (bicyclic) bond motifs is 1. The fourth-order valence-electron chi connectivity index (χ4n) is 2.43. The molecule has 2 atom stereocenters. The van der Waals surface area contributed by atoms with Crippen molar-refractivity contribution in [3.05, 3.63) is 59.7 Å². The molecule has 2 aromatic rings. The van der Waals surface area contributed by atoms with E-state index in [1.54, 1.807) is 12.1 Å². The van der Waals surface area contributed by atoms with E-state index >= 15 is 0 Å². The highest BCUT2D eigenvalue weighted by Crippen LogP contribution is 2.30. The summed E-state index contributed by atoms with van der Waals surface area (Å²) >= 11 is 0. The summed E-state index contributed by atoms with van der Waals surface area (Å²) in [6.45, 7) is 0. The van der Waals surface area contributed by atoms with Crippen molar-refractivity contribution in [2.24, 2.45) is 0 Å². The van der Waals surface area contributed by atoms with Gasteiger partial charge in [-0.1, -0.05) is 30.3 Å². The van der Waals surface area contributed by atoms with Gasteiger partial charge in [0, 0.05) is 12.8 Å². The number of para-hydroxylation sites is 1. The maximum absolute atomic E-state index is 10.3. The Labute approximate surface area is 112 Å². The number of aliphatic hydroxyl groups is 1. The first-order valence-electron chi connectivity index (χ1n) is 6.43. The smallest absolute Gasteiger partial charge is 0.129 e. The second-order valence-electron chi connectivity index (χ2n) is 4.91. The Morgan fingerprint density at radius 2 is 1.84 bits per heavy atom. The highest BCUT2D eigenvalue weighted by atomic mass is 16.5. The van der Waals surface area contributed by atoms with Crippen LogP contribution in [0.5, 0.6) is 11.5 Å².